The number of amides is 1. The number of carbonyl (C=O) groups is 1. The zero-order chi connectivity index (χ0) is 18.5. The minimum absolute atomic E-state index is 0. The van der Waals surface area contributed by atoms with E-state index >= 15 is 0 Å². The van der Waals surface area contributed by atoms with Gasteiger partial charge >= 0.3 is 0 Å². The van der Waals surface area contributed by atoms with Crippen molar-refractivity contribution in [1.82, 2.24) is 10.3 Å². The van der Waals surface area contributed by atoms with Crippen LogP contribution < -0.4 is 16.8 Å². The third kappa shape index (κ3) is 6.12. The lowest BCUT2D eigenvalue weighted by molar-refractivity contribution is 0.0946. The molecule has 0 bridgehead atoms. The number of aromatic amines is 1. The lowest BCUT2D eigenvalue weighted by atomic mass is 10.0. The molecule has 1 unspecified atom stereocenters. The molecule has 1 amide bonds. The fourth-order valence-electron chi connectivity index (χ4n) is 2.87. The van der Waals surface area contributed by atoms with Gasteiger partial charge in [-0.1, -0.05) is 35.9 Å². The molecule has 0 fully saturated rings. The number of aromatic nitrogens is 1. The summed E-state index contributed by atoms with van der Waals surface area (Å²) in [6.07, 6.45) is 1.66. The first-order valence-electron chi connectivity index (χ1n) is 8.69. The van der Waals surface area contributed by atoms with Gasteiger partial charge in [-0.05, 0) is 54.8 Å². The van der Waals surface area contributed by atoms with Crippen LogP contribution >= 0.6 is 36.4 Å². The van der Waals surface area contributed by atoms with Gasteiger partial charge < -0.3 is 21.8 Å². The van der Waals surface area contributed by atoms with Crippen LogP contribution in [-0.2, 0) is 0 Å². The van der Waals surface area contributed by atoms with Crippen molar-refractivity contribution >= 4 is 53.2 Å². The van der Waals surface area contributed by atoms with Crippen LogP contribution in [0.2, 0.25) is 5.02 Å². The summed E-state index contributed by atoms with van der Waals surface area (Å²) in [5.41, 5.74) is 15.0. The van der Waals surface area contributed by atoms with Crippen molar-refractivity contribution in [3.8, 4) is 11.1 Å². The van der Waals surface area contributed by atoms with E-state index < -0.39 is 0 Å². The van der Waals surface area contributed by atoms with Crippen molar-refractivity contribution in [3.63, 3.8) is 0 Å². The Labute approximate surface area is 182 Å². The minimum atomic E-state index is -0.155. The fourth-order valence-corrected chi connectivity index (χ4v) is 3.00. The van der Waals surface area contributed by atoms with E-state index in [-0.39, 0.29) is 36.8 Å². The number of carbonyl (C=O) groups excluding carboxylic acids is 1. The average molecular weight is 444 g/mol. The number of rotatable bonds is 7. The van der Waals surface area contributed by atoms with E-state index in [2.05, 4.69) is 10.3 Å². The Kier molecular flexibility index (Phi) is 9.79. The van der Waals surface area contributed by atoms with Crippen LogP contribution in [0.25, 0.3) is 22.0 Å². The third-order valence-corrected chi connectivity index (χ3v) is 4.60. The molecule has 1 aromatic heterocycles. The van der Waals surface area contributed by atoms with E-state index in [0.717, 1.165) is 34.9 Å². The van der Waals surface area contributed by atoms with Crippen molar-refractivity contribution in [2.45, 2.75) is 18.9 Å². The van der Waals surface area contributed by atoms with Crippen LogP contribution in [0.1, 0.15) is 23.3 Å². The molecule has 152 valence electrons. The van der Waals surface area contributed by atoms with Gasteiger partial charge in [-0.2, -0.15) is 0 Å². The zero-order valence-electron chi connectivity index (χ0n) is 15.3. The van der Waals surface area contributed by atoms with Crippen molar-refractivity contribution in [3.05, 3.63) is 59.2 Å². The molecule has 3 aromatic rings. The summed E-state index contributed by atoms with van der Waals surface area (Å²) in [4.78, 5) is 15.5. The highest BCUT2D eigenvalue weighted by molar-refractivity contribution is 6.30. The number of fused-ring (bicyclic) bond motifs is 1. The molecule has 2 aromatic carbocycles. The molecule has 5 nitrogen and oxygen atoms in total. The third-order valence-electron chi connectivity index (χ3n) is 4.35. The molecule has 0 saturated carbocycles. The average Bonchev–Trinajstić information content (AvgIpc) is 3.08. The molecule has 28 heavy (non-hydrogen) atoms. The number of nitrogens with one attached hydrogen (secondary N) is 2. The summed E-state index contributed by atoms with van der Waals surface area (Å²) in [5, 5.41) is 4.56. The van der Waals surface area contributed by atoms with E-state index in [0.29, 0.717) is 23.8 Å². The first kappa shape index (κ1) is 24.3. The number of hydrogen-bond acceptors (Lipinski definition) is 3. The predicted octanol–water partition coefficient (Wildman–Crippen LogP) is 4.13. The Morgan fingerprint density at radius 1 is 1.07 bits per heavy atom. The Morgan fingerprint density at radius 2 is 1.75 bits per heavy atom. The highest BCUT2D eigenvalue weighted by Gasteiger charge is 2.11. The maximum Gasteiger partial charge on any atom is 0.267 e. The summed E-state index contributed by atoms with van der Waals surface area (Å²) in [7, 11) is 0. The van der Waals surface area contributed by atoms with Gasteiger partial charge in [0, 0.05) is 28.5 Å². The Bertz CT molecular complexity index is 896. The maximum atomic E-state index is 12.3. The Balaban J connectivity index is 0.00000196. The van der Waals surface area contributed by atoms with Crippen molar-refractivity contribution < 1.29 is 4.79 Å². The van der Waals surface area contributed by atoms with Gasteiger partial charge in [0.1, 0.15) is 5.69 Å². The number of nitrogens with two attached hydrogens (primary N) is 2. The first-order valence-corrected chi connectivity index (χ1v) is 9.07. The number of halogens is 3. The summed E-state index contributed by atoms with van der Waals surface area (Å²) >= 11 is 5.95. The summed E-state index contributed by atoms with van der Waals surface area (Å²) in [5.74, 6) is -0.155. The van der Waals surface area contributed by atoms with Crippen molar-refractivity contribution in [1.29, 1.82) is 0 Å². The van der Waals surface area contributed by atoms with Gasteiger partial charge in [0.15, 0.2) is 0 Å². The van der Waals surface area contributed by atoms with Gasteiger partial charge in [-0.3, -0.25) is 4.79 Å². The summed E-state index contributed by atoms with van der Waals surface area (Å²) < 4.78 is 0. The monoisotopic (exact) mass is 442 g/mol. The second-order valence-electron chi connectivity index (χ2n) is 6.39. The van der Waals surface area contributed by atoms with Gasteiger partial charge in [0.25, 0.3) is 5.91 Å². The highest BCUT2D eigenvalue weighted by Crippen LogP contribution is 2.26. The Morgan fingerprint density at radius 3 is 2.43 bits per heavy atom. The molecule has 1 atom stereocenters. The summed E-state index contributed by atoms with van der Waals surface area (Å²) in [6, 6.07) is 15.5. The van der Waals surface area contributed by atoms with Gasteiger partial charge in [-0.25, -0.2) is 0 Å². The minimum Gasteiger partial charge on any atom is -0.351 e. The highest BCUT2D eigenvalue weighted by atomic mass is 35.5. The molecule has 0 aliphatic carbocycles. The van der Waals surface area contributed by atoms with Crippen LogP contribution in [0.5, 0.6) is 0 Å². The van der Waals surface area contributed by atoms with Crippen LogP contribution in [0.4, 0.5) is 0 Å². The molecule has 0 aliphatic rings. The molecular formula is C20H25Cl3N4O. The number of hydrogen-bond donors (Lipinski definition) is 4. The van der Waals surface area contributed by atoms with Crippen LogP contribution in [0.15, 0.2) is 48.5 Å². The predicted molar refractivity (Wildman–Crippen MR) is 122 cm³/mol. The van der Waals surface area contributed by atoms with E-state index in [1.165, 1.54) is 0 Å². The van der Waals surface area contributed by atoms with Crippen LogP contribution in [0.3, 0.4) is 0 Å². The first-order chi connectivity index (χ1) is 12.6. The van der Waals surface area contributed by atoms with Crippen molar-refractivity contribution in [2.75, 3.05) is 13.1 Å². The summed E-state index contributed by atoms with van der Waals surface area (Å²) in [6.45, 7) is 1.05. The van der Waals surface area contributed by atoms with Crippen molar-refractivity contribution in [2.24, 2.45) is 11.5 Å². The fraction of sp³-hybridized carbons (Fsp3) is 0.250. The maximum absolute atomic E-state index is 12.3. The lowest BCUT2D eigenvalue weighted by Gasteiger charge is -2.11. The van der Waals surface area contributed by atoms with Gasteiger partial charge in [-0.15, -0.1) is 24.8 Å². The second kappa shape index (κ2) is 11.3. The van der Waals surface area contributed by atoms with Gasteiger partial charge in [0.05, 0.1) is 0 Å². The quantitative estimate of drug-likeness (QED) is 0.442. The Hall–Kier alpha value is -1.76. The largest absolute Gasteiger partial charge is 0.351 e. The van der Waals surface area contributed by atoms with E-state index in [9.17, 15) is 4.79 Å². The zero-order valence-corrected chi connectivity index (χ0v) is 17.7. The number of benzene rings is 2. The lowest BCUT2D eigenvalue weighted by Crippen LogP contribution is -2.37. The smallest absolute Gasteiger partial charge is 0.267 e. The topological polar surface area (TPSA) is 96.9 Å². The standard InChI is InChI=1S/C20H23ClN4O.2ClH/c21-16-7-5-13(6-8-16)14-3-4-15-11-19(25-18(15)10-14)20(26)24-12-17(23)2-1-9-22;;/h3-8,10-11,17,25H,1-2,9,12,22-23H2,(H,24,26);2*1H. The van der Waals surface area contributed by atoms with E-state index in [1.807, 2.05) is 48.5 Å². The molecule has 6 N–H and O–H groups in total. The molecule has 8 heteroatoms. The molecule has 0 spiro atoms. The molecule has 0 saturated heterocycles. The molecule has 0 radical (unpaired) electrons. The molecule has 1 heterocycles. The van der Waals surface area contributed by atoms with Gasteiger partial charge in [0.2, 0.25) is 0 Å². The van der Waals surface area contributed by atoms with E-state index in [1.54, 1.807) is 0 Å². The SMILES string of the molecule is Cl.Cl.NCCCC(N)CNC(=O)c1cc2ccc(-c3ccc(Cl)cc3)cc2[nH]1. The van der Waals surface area contributed by atoms with Crippen LogP contribution in [0, 0.1) is 0 Å². The molecular weight excluding hydrogens is 419 g/mol. The molecule has 0 aliphatic heterocycles. The molecule has 3 rings (SSSR count). The van der Waals surface area contributed by atoms with Crippen LogP contribution in [-0.4, -0.2) is 30.0 Å². The van der Waals surface area contributed by atoms with E-state index in [4.69, 9.17) is 23.1 Å². The number of H-pyrrole nitrogens is 1. The second-order valence-corrected chi connectivity index (χ2v) is 6.83. The normalized spacial score (nSPS) is 11.4.